The summed E-state index contributed by atoms with van der Waals surface area (Å²) in [5, 5.41) is 2.68. The van der Waals surface area contributed by atoms with Gasteiger partial charge in [0.1, 0.15) is 12.1 Å². The standard InChI is InChI=1S/C23H23N3O7S/c1-23(15-7-8-18-19(11-15)33-14-32-18)21(28)25(22(29)24-23)12-20(27)26(16-5-3-2-4-6-16)17-9-10-34(30,31)13-17/h2-8,11,17H,9-10,12-14H2,1H3,(H,24,29)/t17-,23-/m0/s1. The summed E-state index contributed by atoms with van der Waals surface area (Å²) in [6.45, 7) is 1.12. The molecule has 0 aromatic heterocycles. The van der Waals surface area contributed by atoms with Gasteiger partial charge in [-0.25, -0.2) is 13.2 Å². The van der Waals surface area contributed by atoms with E-state index in [1.807, 2.05) is 0 Å². The molecule has 0 radical (unpaired) electrons. The topological polar surface area (TPSA) is 122 Å². The average Bonchev–Trinajstić information content (AvgIpc) is 3.47. The molecule has 3 heterocycles. The van der Waals surface area contributed by atoms with E-state index in [0.29, 0.717) is 22.7 Å². The van der Waals surface area contributed by atoms with Crippen molar-refractivity contribution < 1.29 is 32.3 Å². The molecule has 0 saturated carbocycles. The molecule has 5 rings (SSSR count). The van der Waals surface area contributed by atoms with Crippen LogP contribution in [0.2, 0.25) is 0 Å². The number of benzene rings is 2. The van der Waals surface area contributed by atoms with Crippen LogP contribution >= 0.6 is 0 Å². The molecule has 2 aromatic carbocycles. The van der Waals surface area contributed by atoms with Gasteiger partial charge in [-0.15, -0.1) is 0 Å². The Morgan fingerprint density at radius 2 is 1.88 bits per heavy atom. The first-order valence-electron chi connectivity index (χ1n) is 10.8. The van der Waals surface area contributed by atoms with Crippen molar-refractivity contribution in [2.45, 2.75) is 24.9 Å². The Hall–Kier alpha value is -3.60. The number of anilines is 1. The van der Waals surface area contributed by atoms with Crippen molar-refractivity contribution >= 4 is 33.4 Å². The Morgan fingerprint density at radius 3 is 2.59 bits per heavy atom. The van der Waals surface area contributed by atoms with E-state index in [4.69, 9.17) is 9.47 Å². The SMILES string of the molecule is C[C@@]1(c2ccc3c(c2)OCO3)NC(=O)N(CC(=O)N(c2ccccc2)[C@H]2CCS(=O)(=O)C2)C1=O. The molecule has 11 heteroatoms. The molecule has 2 atom stereocenters. The lowest BCUT2D eigenvalue weighted by atomic mass is 9.91. The first-order chi connectivity index (χ1) is 16.2. The van der Waals surface area contributed by atoms with Gasteiger partial charge in [0.05, 0.1) is 17.5 Å². The van der Waals surface area contributed by atoms with Crippen LogP contribution in [0.5, 0.6) is 11.5 Å². The first kappa shape index (κ1) is 22.2. The highest BCUT2D eigenvalue weighted by molar-refractivity contribution is 7.91. The number of fused-ring (bicyclic) bond motifs is 1. The summed E-state index contributed by atoms with van der Waals surface area (Å²) in [5.41, 5.74) is -0.390. The number of imide groups is 1. The maximum absolute atomic E-state index is 13.4. The molecular formula is C23H23N3O7S. The summed E-state index contributed by atoms with van der Waals surface area (Å²) in [7, 11) is -3.27. The molecule has 0 aliphatic carbocycles. The van der Waals surface area contributed by atoms with Crippen LogP contribution in [-0.4, -0.2) is 62.0 Å². The number of nitrogens with zero attached hydrogens (tertiary/aromatic N) is 2. The number of urea groups is 1. The summed E-state index contributed by atoms with van der Waals surface area (Å²) in [6, 6.07) is 12.3. The van der Waals surface area contributed by atoms with Gasteiger partial charge >= 0.3 is 6.03 Å². The van der Waals surface area contributed by atoms with Gasteiger partial charge in [0, 0.05) is 5.69 Å². The van der Waals surface area contributed by atoms with E-state index < -0.39 is 45.8 Å². The lowest BCUT2D eigenvalue weighted by Crippen LogP contribution is -2.48. The Labute approximate surface area is 196 Å². The van der Waals surface area contributed by atoms with Crippen molar-refractivity contribution in [1.82, 2.24) is 10.2 Å². The molecular weight excluding hydrogens is 462 g/mol. The highest BCUT2D eigenvalue weighted by atomic mass is 32.2. The normalized spacial score (nSPS) is 24.9. The number of nitrogens with one attached hydrogen (secondary N) is 1. The van der Waals surface area contributed by atoms with Gasteiger partial charge in [0.15, 0.2) is 21.3 Å². The van der Waals surface area contributed by atoms with Gasteiger partial charge in [-0.1, -0.05) is 24.3 Å². The van der Waals surface area contributed by atoms with Crippen LogP contribution in [0.4, 0.5) is 10.5 Å². The number of para-hydroxylation sites is 1. The van der Waals surface area contributed by atoms with Gasteiger partial charge in [-0.2, -0.15) is 0 Å². The highest BCUT2D eigenvalue weighted by Gasteiger charge is 2.50. The zero-order chi connectivity index (χ0) is 24.1. The Balaban J connectivity index is 1.41. The zero-order valence-corrected chi connectivity index (χ0v) is 19.2. The van der Waals surface area contributed by atoms with Crippen LogP contribution in [0.3, 0.4) is 0 Å². The summed E-state index contributed by atoms with van der Waals surface area (Å²) in [6.07, 6.45) is 0.290. The number of sulfone groups is 1. The molecule has 0 unspecified atom stereocenters. The molecule has 10 nitrogen and oxygen atoms in total. The maximum atomic E-state index is 13.4. The summed E-state index contributed by atoms with van der Waals surface area (Å²) >= 11 is 0. The van der Waals surface area contributed by atoms with Crippen LogP contribution in [-0.2, 0) is 25.0 Å². The third-order valence-electron chi connectivity index (χ3n) is 6.39. The first-order valence-corrected chi connectivity index (χ1v) is 12.6. The minimum absolute atomic E-state index is 0.0143. The molecule has 2 fully saturated rings. The number of amides is 4. The van der Waals surface area contributed by atoms with E-state index in [9.17, 15) is 22.8 Å². The van der Waals surface area contributed by atoms with Crippen LogP contribution in [0.25, 0.3) is 0 Å². The highest BCUT2D eigenvalue weighted by Crippen LogP contribution is 2.38. The van der Waals surface area contributed by atoms with E-state index in [1.165, 1.54) is 4.90 Å². The molecule has 178 valence electrons. The fourth-order valence-electron chi connectivity index (χ4n) is 4.58. The molecule has 2 aromatic rings. The van der Waals surface area contributed by atoms with Crippen molar-refractivity contribution in [1.29, 1.82) is 0 Å². The lowest BCUT2D eigenvalue weighted by molar-refractivity contribution is -0.134. The Kier molecular flexibility index (Phi) is 5.23. The summed E-state index contributed by atoms with van der Waals surface area (Å²) < 4.78 is 34.9. The van der Waals surface area contributed by atoms with E-state index in [-0.39, 0.29) is 24.7 Å². The number of carbonyl (C=O) groups excluding carboxylic acids is 3. The van der Waals surface area contributed by atoms with Crippen LogP contribution in [0.1, 0.15) is 18.9 Å². The van der Waals surface area contributed by atoms with E-state index >= 15 is 0 Å². The molecule has 34 heavy (non-hydrogen) atoms. The van der Waals surface area contributed by atoms with Crippen LogP contribution in [0.15, 0.2) is 48.5 Å². The van der Waals surface area contributed by atoms with Crippen LogP contribution < -0.4 is 19.7 Å². The number of rotatable bonds is 5. The number of hydrogen-bond donors (Lipinski definition) is 1. The second-order valence-corrected chi connectivity index (χ2v) is 10.9. The van der Waals surface area contributed by atoms with Gasteiger partial charge in [-0.05, 0) is 43.2 Å². The van der Waals surface area contributed by atoms with Crippen molar-refractivity contribution in [3.63, 3.8) is 0 Å². The number of hydrogen-bond acceptors (Lipinski definition) is 7. The zero-order valence-electron chi connectivity index (χ0n) is 18.4. The number of carbonyl (C=O) groups is 3. The quantitative estimate of drug-likeness (QED) is 0.635. The van der Waals surface area contributed by atoms with Gasteiger partial charge in [0.25, 0.3) is 5.91 Å². The fourth-order valence-corrected chi connectivity index (χ4v) is 6.28. The summed E-state index contributed by atoms with van der Waals surface area (Å²) in [5.74, 6) is -0.292. The Bertz CT molecular complexity index is 1280. The van der Waals surface area contributed by atoms with Gasteiger partial charge < -0.3 is 19.7 Å². The third-order valence-corrected chi connectivity index (χ3v) is 8.15. The third kappa shape index (κ3) is 3.75. The smallest absolute Gasteiger partial charge is 0.325 e. The second kappa shape index (κ2) is 8.01. The maximum Gasteiger partial charge on any atom is 0.325 e. The molecule has 3 aliphatic heterocycles. The van der Waals surface area contributed by atoms with Crippen molar-refractivity contribution in [3.05, 3.63) is 54.1 Å². The minimum atomic E-state index is -3.27. The molecule has 0 bridgehead atoms. The lowest BCUT2D eigenvalue weighted by Gasteiger charge is -2.30. The fraction of sp³-hybridized carbons (Fsp3) is 0.348. The molecule has 4 amide bonds. The Morgan fingerprint density at radius 1 is 1.15 bits per heavy atom. The predicted octanol–water partition coefficient (Wildman–Crippen LogP) is 1.40. The molecule has 1 N–H and O–H groups in total. The largest absolute Gasteiger partial charge is 0.454 e. The molecule has 2 saturated heterocycles. The van der Waals surface area contributed by atoms with Crippen LogP contribution in [0, 0.1) is 0 Å². The van der Waals surface area contributed by atoms with Crippen molar-refractivity contribution in [3.8, 4) is 11.5 Å². The monoisotopic (exact) mass is 485 g/mol. The van der Waals surface area contributed by atoms with E-state index in [0.717, 1.165) is 4.90 Å². The average molecular weight is 486 g/mol. The molecule has 0 spiro atoms. The summed E-state index contributed by atoms with van der Waals surface area (Å²) in [4.78, 5) is 41.8. The van der Waals surface area contributed by atoms with E-state index in [2.05, 4.69) is 5.32 Å². The van der Waals surface area contributed by atoms with E-state index in [1.54, 1.807) is 55.5 Å². The molecule has 3 aliphatic rings. The second-order valence-electron chi connectivity index (χ2n) is 8.67. The van der Waals surface area contributed by atoms with Gasteiger partial charge in [-0.3, -0.25) is 14.5 Å². The number of ether oxygens (including phenoxy) is 2. The predicted molar refractivity (Wildman–Crippen MR) is 121 cm³/mol. The minimum Gasteiger partial charge on any atom is -0.454 e. The van der Waals surface area contributed by atoms with Gasteiger partial charge in [0.2, 0.25) is 12.7 Å². The van der Waals surface area contributed by atoms with Crippen molar-refractivity contribution in [2.24, 2.45) is 0 Å². The van der Waals surface area contributed by atoms with Crippen molar-refractivity contribution in [2.75, 3.05) is 29.7 Å².